The van der Waals surface area contributed by atoms with Crippen LogP contribution in [0.4, 0.5) is 8.78 Å². The minimum absolute atomic E-state index is 0.0490. The molecule has 5 heteroatoms. The standard InChI is InChI=1S/C13H10F2O3/c1-2-17-13-10(14)5-4-9(12(13)15)11-6-3-8(7-16)18-11/h3-7H,2H2,1H3. The van der Waals surface area contributed by atoms with E-state index in [0.29, 0.717) is 6.29 Å². The van der Waals surface area contributed by atoms with Gasteiger partial charge in [0.15, 0.2) is 29.4 Å². The van der Waals surface area contributed by atoms with E-state index in [1.54, 1.807) is 6.92 Å². The van der Waals surface area contributed by atoms with Crippen molar-refractivity contribution in [3.8, 4) is 17.1 Å². The largest absolute Gasteiger partial charge is 0.488 e. The summed E-state index contributed by atoms with van der Waals surface area (Å²) in [6, 6.07) is 5.17. The molecule has 2 aromatic rings. The first-order valence-electron chi connectivity index (χ1n) is 5.33. The smallest absolute Gasteiger partial charge is 0.191 e. The van der Waals surface area contributed by atoms with Gasteiger partial charge < -0.3 is 9.15 Å². The van der Waals surface area contributed by atoms with E-state index in [2.05, 4.69) is 0 Å². The molecule has 0 aliphatic carbocycles. The van der Waals surface area contributed by atoms with Crippen LogP contribution in [0.5, 0.6) is 5.75 Å². The van der Waals surface area contributed by atoms with Crippen LogP contribution in [0.25, 0.3) is 11.3 Å². The Kier molecular flexibility index (Phi) is 3.41. The maximum absolute atomic E-state index is 14.0. The molecule has 94 valence electrons. The van der Waals surface area contributed by atoms with Crippen LogP contribution in [0.3, 0.4) is 0 Å². The molecule has 0 amide bonds. The molecule has 0 spiro atoms. The number of furan rings is 1. The molecule has 0 aliphatic heterocycles. The van der Waals surface area contributed by atoms with Gasteiger partial charge in [-0.25, -0.2) is 8.78 Å². The molecule has 0 N–H and O–H groups in total. The van der Waals surface area contributed by atoms with Gasteiger partial charge in [-0.1, -0.05) is 0 Å². The van der Waals surface area contributed by atoms with Gasteiger partial charge in [0.05, 0.1) is 12.2 Å². The quantitative estimate of drug-likeness (QED) is 0.782. The fourth-order valence-electron chi connectivity index (χ4n) is 1.56. The highest BCUT2D eigenvalue weighted by Crippen LogP contribution is 2.32. The summed E-state index contributed by atoms with van der Waals surface area (Å²) in [5, 5.41) is 0. The van der Waals surface area contributed by atoms with E-state index >= 15 is 0 Å². The molecule has 0 fully saturated rings. The predicted molar refractivity (Wildman–Crippen MR) is 60.6 cm³/mol. The number of ether oxygens (including phenoxy) is 1. The Bertz CT molecular complexity index is 576. The predicted octanol–water partition coefficient (Wildman–Crippen LogP) is 3.44. The van der Waals surface area contributed by atoms with E-state index < -0.39 is 17.4 Å². The molecule has 0 radical (unpaired) electrons. The third kappa shape index (κ3) is 2.11. The van der Waals surface area contributed by atoms with Crippen LogP contribution < -0.4 is 4.74 Å². The van der Waals surface area contributed by atoms with Crippen molar-refractivity contribution in [2.24, 2.45) is 0 Å². The van der Waals surface area contributed by atoms with Crippen molar-refractivity contribution >= 4 is 6.29 Å². The Hall–Kier alpha value is -2.17. The number of carbonyl (C=O) groups excluding carboxylic acids is 1. The van der Waals surface area contributed by atoms with Crippen LogP contribution in [-0.2, 0) is 0 Å². The van der Waals surface area contributed by atoms with Crippen molar-refractivity contribution in [2.75, 3.05) is 6.61 Å². The maximum Gasteiger partial charge on any atom is 0.191 e. The van der Waals surface area contributed by atoms with Crippen LogP contribution in [-0.4, -0.2) is 12.9 Å². The molecule has 0 saturated carbocycles. The second-order valence-corrected chi connectivity index (χ2v) is 3.49. The van der Waals surface area contributed by atoms with Crippen LogP contribution in [0.2, 0.25) is 0 Å². The lowest BCUT2D eigenvalue weighted by Crippen LogP contribution is -1.99. The average molecular weight is 252 g/mol. The lowest BCUT2D eigenvalue weighted by Gasteiger charge is -2.08. The molecule has 3 nitrogen and oxygen atoms in total. The van der Waals surface area contributed by atoms with E-state index in [-0.39, 0.29) is 23.7 Å². The number of halogens is 2. The van der Waals surface area contributed by atoms with Gasteiger partial charge in [0, 0.05) is 0 Å². The summed E-state index contributed by atoms with van der Waals surface area (Å²) in [4.78, 5) is 10.5. The number of aldehydes is 1. The lowest BCUT2D eigenvalue weighted by atomic mass is 10.1. The average Bonchev–Trinajstić information content (AvgIpc) is 2.83. The third-order valence-corrected chi connectivity index (χ3v) is 2.35. The number of hydrogen-bond donors (Lipinski definition) is 0. The number of carbonyl (C=O) groups is 1. The van der Waals surface area contributed by atoms with Crippen molar-refractivity contribution in [3.63, 3.8) is 0 Å². The molecule has 2 rings (SSSR count). The molecule has 1 aromatic heterocycles. The normalized spacial score (nSPS) is 10.4. The Morgan fingerprint density at radius 1 is 1.28 bits per heavy atom. The molecule has 0 aliphatic rings. The first kappa shape index (κ1) is 12.3. The fourth-order valence-corrected chi connectivity index (χ4v) is 1.56. The Labute approximate surface area is 102 Å². The molecule has 0 atom stereocenters. The number of hydrogen-bond acceptors (Lipinski definition) is 3. The summed E-state index contributed by atoms with van der Waals surface area (Å²) in [5.41, 5.74) is 0.0490. The molecule has 18 heavy (non-hydrogen) atoms. The summed E-state index contributed by atoms with van der Waals surface area (Å²) in [6.45, 7) is 1.78. The van der Waals surface area contributed by atoms with Gasteiger partial charge in [-0.15, -0.1) is 0 Å². The lowest BCUT2D eigenvalue weighted by molar-refractivity contribution is 0.110. The zero-order valence-electron chi connectivity index (χ0n) is 9.57. The van der Waals surface area contributed by atoms with Crippen molar-refractivity contribution in [1.82, 2.24) is 0 Å². The van der Waals surface area contributed by atoms with E-state index in [1.165, 1.54) is 18.2 Å². The summed E-state index contributed by atoms with van der Waals surface area (Å²) >= 11 is 0. The van der Waals surface area contributed by atoms with Gasteiger partial charge in [-0.05, 0) is 31.2 Å². The first-order chi connectivity index (χ1) is 8.67. The summed E-state index contributed by atoms with van der Waals surface area (Å²) in [6.07, 6.45) is 0.508. The van der Waals surface area contributed by atoms with E-state index in [0.717, 1.165) is 6.07 Å². The maximum atomic E-state index is 14.0. The van der Waals surface area contributed by atoms with Crippen molar-refractivity contribution in [1.29, 1.82) is 0 Å². The topological polar surface area (TPSA) is 39.4 Å². The molecule has 0 saturated heterocycles. The minimum Gasteiger partial charge on any atom is -0.488 e. The van der Waals surface area contributed by atoms with E-state index in [9.17, 15) is 13.6 Å². The first-order valence-corrected chi connectivity index (χ1v) is 5.33. The van der Waals surface area contributed by atoms with Crippen molar-refractivity contribution < 1.29 is 22.7 Å². The van der Waals surface area contributed by atoms with Gasteiger partial charge in [0.1, 0.15) is 5.76 Å². The molecule has 0 unspecified atom stereocenters. The van der Waals surface area contributed by atoms with Gasteiger partial charge >= 0.3 is 0 Å². The molecule has 1 aromatic carbocycles. The highest BCUT2D eigenvalue weighted by atomic mass is 19.1. The van der Waals surface area contributed by atoms with Gasteiger partial charge in [-0.2, -0.15) is 0 Å². The summed E-state index contributed by atoms with van der Waals surface area (Å²) < 4.78 is 37.3. The van der Waals surface area contributed by atoms with E-state index in [4.69, 9.17) is 9.15 Å². The van der Waals surface area contributed by atoms with Crippen LogP contribution >= 0.6 is 0 Å². The molecular formula is C13H10F2O3. The zero-order valence-corrected chi connectivity index (χ0v) is 9.57. The second-order valence-electron chi connectivity index (χ2n) is 3.49. The van der Waals surface area contributed by atoms with E-state index in [1.807, 2.05) is 0 Å². The number of benzene rings is 1. The van der Waals surface area contributed by atoms with Crippen LogP contribution in [0.1, 0.15) is 17.5 Å². The Balaban J connectivity index is 2.51. The summed E-state index contributed by atoms with van der Waals surface area (Å²) in [5.74, 6) is -1.84. The second kappa shape index (κ2) is 5.00. The highest BCUT2D eigenvalue weighted by Gasteiger charge is 2.18. The Morgan fingerprint density at radius 2 is 2.06 bits per heavy atom. The molecule has 1 heterocycles. The highest BCUT2D eigenvalue weighted by molar-refractivity contribution is 5.73. The fraction of sp³-hybridized carbons (Fsp3) is 0.154. The molecular weight excluding hydrogens is 242 g/mol. The zero-order chi connectivity index (χ0) is 13.1. The van der Waals surface area contributed by atoms with Crippen molar-refractivity contribution in [3.05, 3.63) is 41.7 Å². The van der Waals surface area contributed by atoms with Gasteiger partial charge in [0.2, 0.25) is 0 Å². The number of rotatable bonds is 4. The van der Waals surface area contributed by atoms with Crippen LogP contribution in [0.15, 0.2) is 28.7 Å². The third-order valence-electron chi connectivity index (χ3n) is 2.35. The molecule has 0 bridgehead atoms. The SMILES string of the molecule is CCOc1c(F)ccc(-c2ccc(C=O)o2)c1F. The summed E-state index contributed by atoms with van der Waals surface area (Å²) in [7, 11) is 0. The van der Waals surface area contributed by atoms with Crippen molar-refractivity contribution in [2.45, 2.75) is 6.92 Å². The Morgan fingerprint density at radius 3 is 2.67 bits per heavy atom. The van der Waals surface area contributed by atoms with Gasteiger partial charge in [-0.3, -0.25) is 4.79 Å². The van der Waals surface area contributed by atoms with Gasteiger partial charge in [0.25, 0.3) is 0 Å². The van der Waals surface area contributed by atoms with Crippen LogP contribution in [0, 0.1) is 11.6 Å². The minimum atomic E-state index is -0.844. The monoisotopic (exact) mass is 252 g/mol.